The highest BCUT2D eigenvalue weighted by atomic mass is 16.6. The van der Waals surface area contributed by atoms with Gasteiger partial charge in [-0.15, -0.1) is 0 Å². The Morgan fingerprint density at radius 1 is 1.46 bits per heavy atom. The fourth-order valence-corrected chi connectivity index (χ4v) is 1.87. The minimum Gasteiger partial charge on any atom is -0.275 e. The van der Waals surface area contributed by atoms with Gasteiger partial charge >= 0.3 is 0 Å². The zero-order chi connectivity index (χ0) is 8.67. The second-order valence-electron chi connectivity index (χ2n) is 4.17. The van der Waals surface area contributed by atoms with E-state index in [1.54, 1.807) is 0 Å². The summed E-state index contributed by atoms with van der Waals surface area (Å²) in [5.41, 5.74) is 2.98. The number of aliphatic imine (C=N–C) groups is 1. The van der Waals surface area contributed by atoms with E-state index in [-0.39, 0.29) is 0 Å². The van der Waals surface area contributed by atoms with Crippen LogP contribution in [0.15, 0.2) is 17.1 Å². The minimum atomic E-state index is 0.428. The van der Waals surface area contributed by atoms with Crippen LogP contribution in [-0.4, -0.2) is 18.5 Å². The van der Waals surface area contributed by atoms with Gasteiger partial charge in [-0.3, -0.25) is 15.3 Å². The monoisotopic (exact) mass is 178 g/mol. The first-order valence-electron chi connectivity index (χ1n) is 5.05. The standard InChI is InChI=1S/C10H14N2O/c1-2-7(1)6-13-12-10-8-3-4-9(5-8)11-10/h3-4,7-9H,1-2,5-6H2,(H,11,12). The molecule has 0 amide bonds. The van der Waals surface area contributed by atoms with E-state index in [4.69, 9.17) is 4.84 Å². The van der Waals surface area contributed by atoms with Gasteiger partial charge < -0.3 is 0 Å². The van der Waals surface area contributed by atoms with Crippen LogP contribution in [0.4, 0.5) is 0 Å². The highest BCUT2D eigenvalue weighted by Gasteiger charge is 2.30. The molecule has 1 N–H and O–H groups in total. The Labute approximate surface area is 77.8 Å². The molecule has 0 aromatic heterocycles. The van der Waals surface area contributed by atoms with Gasteiger partial charge in [0.05, 0.1) is 12.6 Å². The maximum Gasteiger partial charge on any atom is 0.128 e. The second kappa shape index (κ2) is 2.84. The van der Waals surface area contributed by atoms with Crippen LogP contribution in [0.3, 0.4) is 0 Å². The number of hydrogen-bond acceptors (Lipinski definition) is 3. The summed E-state index contributed by atoms with van der Waals surface area (Å²) in [7, 11) is 0. The molecule has 2 unspecified atom stereocenters. The van der Waals surface area contributed by atoms with Crippen molar-refractivity contribution in [3.8, 4) is 0 Å². The zero-order valence-electron chi connectivity index (χ0n) is 7.57. The van der Waals surface area contributed by atoms with Crippen LogP contribution in [0.25, 0.3) is 0 Å². The van der Waals surface area contributed by atoms with Crippen LogP contribution in [-0.2, 0) is 4.84 Å². The first-order valence-corrected chi connectivity index (χ1v) is 5.05. The van der Waals surface area contributed by atoms with Gasteiger partial charge in [-0.1, -0.05) is 12.2 Å². The highest BCUT2D eigenvalue weighted by Crippen LogP contribution is 2.30. The van der Waals surface area contributed by atoms with Gasteiger partial charge in [-0.25, -0.2) is 0 Å². The lowest BCUT2D eigenvalue weighted by molar-refractivity contribution is 0.0742. The molecule has 3 nitrogen and oxygen atoms in total. The number of nitrogens with zero attached hydrogens (tertiary/aromatic N) is 1. The van der Waals surface area contributed by atoms with Crippen molar-refractivity contribution in [1.29, 1.82) is 0 Å². The molecule has 0 radical (unpaired) electrons. The zero-order valence-corrected chi connectivity index (χ0v) is 7.57. The molecule has 0 saturated heterocycles. The van der Waals surface area contributed by atoms with E-state index in [0.717, 1.165) is 24.8 Å². The third-order valence-corrected chi connectivity index (χ3v) is 2.91. The first-order chi connectivity index (χ1) is 6.42. The summed E-state index contributed by atoms with van der Waals surface area (Å²) in [5, 5.41) is 0. The van der Waals surface area contributed by atoms with E-state index in [9.17, 15) is 0 Å². The molecule has 1 fully saturated rings. The maximum atomic E-state index is 5.38. The lowest BCUT2D eigenvalue weighted by atomic mass is 10.1. The Balaban J connectivity index is 1.47. The summed E-state index contributed by atoms with van der Waals surface area (Å²) in [6.45, 7) is 0.847. The molecule has 1 heterocycles. The third kappa shape index (κ3) is 1.48. The van der Waals surface area contributed by atoms with Gasteiger partial charge in [0.15, 0.2) is 0 Å². The van der Waals surface area contributed by atoms with Crippen LogP contribution in [0.5, 0.6) is 0 Å². The van der Waals surface area contributed by atoms with E-state index in [1.165, 1.54) is 12.8 Å². The molecule has 2 bridgehead atoms. The molecule has 13 heavy (non-hydrogen) atoms. The van der Waals surface area contributed by atoms with Crippen molar-refractivity contribution in [2.75, 3.05) is 6.61 Å². The van der Waals surface area contributed by atoms with Gasteiger partial charge in [0, 0.05) is 5.92 Å². The number of amidine groups is 1. The van der Waals surface area contributed by atoms with E-state index in [0.29, 0.717) is 12.0 Å². The van der Waals surface area contributed by atoms with Crippen LogP contribution < -0.4 is 5.48 Å². The molecule has 0 spiro atoms. The summed E-state index contributed by atoms with van der Waals surface area (Å²) < 4.78 is 0. The highest BCUT2D eigenvalue weighted by molar-refractivity contribution is 5.88. The molecule has 3 heteroatoms. The molecule has 1 saturated carbocycles. The number of dihydropyridines is 1. The van der Waals surface area contributed by atoms with Crippen molar-refractivity contribution in [2.24, 2.45) is 16.8 Å². The Hall–Kier alpha value is -0.830. The molecular formula is C10H14N2O. The maximum absolute atomic E-state index is 5.38. The summed E-state index contributed by atoms with van der Waals surface area (Å²) in [5.74, 6) is 2.35. The van der Waals surface area contributed by atoms with Crippen LogP contribution in [0.2, 0.25) is 0 Å². The normalized spacial score (nSPS) is 35.2. The van der Waals surface area contributed by atoms with Gasteiger partial charge in [0.1, 0.15) is 5.84 Å². The van der Waals surface area contributed by atoms with Gasteiger partial charge in [-0.2, -0.15) is 0 Å². The molecular weight excluding hydrogens is 164 g/mol. The lowest BCUT2D eigenvalue weighted by Crippen LogP contribution is -2.28. The van der Waals surface area contributed by atoms with Crippen LogP contribution in [0, 0.1) is 11.8 Å². The topological polar surface area (TPSA) is 33.6 Å². The van der Waals surface area contributed by atoms with E-state index in [1.807, 2.05) is 0 Å². The Bertz CT molecular complexity index is 268. The predicted octanol–water partition coefficient (Wildman–Crippen LogP) is 1.27. The molecule has 2 aliphatic carbocycles. The van der Waals surface area contributed by atoms with Crippen molar-refractivity contribution < 1.29 is 4.84 Å². The van der Waals surface area contributed by atoms with Gasteiger partial charge in [0.25, 0.3) is 0 Å². The second-order valence-corrected chi connectivity index (χ2v) is 4.17. The van der Waals surface area contributed by atoms with E-state index < -0.39 is 0 Å². The third-order valence-electron chi connectivity index (χ3n) is 2.91. The SMILES string of the molecule is C1=CC2CC1N=C2NOCC1CC1. The van der Waals surface area contributed by atoms with Gasteiger partial charge in [-0.05, 0) is 25.2 Å². The Morgan fingerprint density at radius 2 is 2.38 bits per heavy atom. The van der Waals surface area contributed by atoms with Crippen LogP contribution >= 0.6 is 0 Å². The van der Waals surface area contributed by atoms with Crippen molar-refractivity contribution in [3.05, 3.63) is 12.2 Å². The summed E-state index contributed by atoms with van der Waals surface area (Å²) in [6.07, 6.45) is 8.21. The van der Waals surface area contributed by atoms with E-state index in [2.05, 4.69) is 22.6 Å². The fourth-order valence-electron chi connectivity index (χ4n) is 1.87. The summed E-state index contributed by atoms with van der Waals surface area (Å²) in [4.78, 5) is 9.85. The Morgan fingerprint density at radius 3 is 3.00 bits per heavy atom. The number of nitrogens with one attached hydrogen (secondary N) is 1. The predicted molar refractivity (Wildman–Crippen MR) is 50.3 cm³/mol. The average Bonchev–Trinajstić information content (AvgIpc) is 2.74. The molecule has 0 aromatic rings. The quantitative estimate of drug-likeness (QED) is 0.521. The Kier molecular flexibility index (Phi) is 1.65. The molecule has 2 atom stereocenters. The summed E-state index contributed by atoms with van der Waals surface area (Å²) in [6, 6.07) is 0.428. The minimum absolute atomic E-state index is 0.428. The largest absolute Gasteiger partial charge is 0.275 e. The molecule has 0 aromatic carbocycles. The smallest absolute Gasteiger partial charge is 0.128 e. The van der Waals surface area contributed by atoms with Crippen molar-refractivity contribution in [2.45, 2.75) is 25.3 Å². The number of hydroxylamine groups is 1. The molecule has 3 rings (SSSR count). The van der Waals surface area contributed by atoms with Gasteiger partial charge in [0.2, 0.25) is 0 Å². The molecule has 70 valence electrons. The van der Waals surface area contributed by atoms with E-state index >= 15 is 0 Å². The number of hydrogen-bond donors (Lipinski definition) is 1. The fraction of sp³-hybridized carbons (Fsp3) is 0.700. The first kappa shape index (κ1) is 7.56. The van der Waals surface area contributed by atoms with Crippen molar-refractivity contribution in [3.63, 3.8) is 0 Å². The van der Waals surface area contributed by atoms with Crippen molar-refractivity contribution in [1.82, 2.24) is 5.48 Å². The number of rotatable bonds is 3. The molecule has 3 aliphatic rings. The van der Waals surface area contributed by atoms with Crippen LogP contribution in [0.1, 0.15) is 19.3 Å². The lowest BCUT2D eigenvalue weighted by Gasteiger charge is -2.10. The van der Waals surface area contributed by atoms with Crippen molar-refractivity contribution >= 4 is 5.84 Å². The average molecular weight is 178 g/mol. The molecule has 1 aliphatic heterocycles. The number of fused-ring (bicyclic) bond motifs is 2. The summed E-state index contributed by atoms with van der Waals surface area (Å²) >= 11 is 0.